The van der Waals surface area contributed by atoms with Crippen LogP contribution in [0.15, 0.2) is 76.1 Å². The number of fused-ring (bicyclic) bond motifs is 1. The number of aryl methyl sites for hydroxylation is 1. The molecule has 1 atom stereocenters. The number of nitrogens with zero attached hydrogens (tertiary/aromatic N) is 5. The standard InChI is InChI=1S/C31H34N6O3/c1-21-10-15-28-23(17-21)18-27(31(38)32-28)29(30-33-34-35-37(30)24-7-4-3-5-8-24)36(20-26-9-6-16-40-26)19-22-11-13-25(39-2)14-12-22/h6,9-18,24,29H,3-5,7-8,19-20H2,1-2H3,(H,32,38)/t29-/m0/s1. The van der Waals surface area contributed by atoms with Crippen molar-refractivity contribution in [2.75, 3.05) is 7.11 Å². The molecule has 2 aromatic carbocycles. The third kappa shape index (κ3) is 5.42. The average molecular weight is 539 g/mol. The molecule has 1 N–H and O–H groups in total. The highest BCUT2D eigenvalue weighted by Crippen LogP contribution is 2.34. The summed E-state index contributed by atoms with van der Waals surface area (Å²) in [7, 11) is 1.66. The number of ether oxygens (including phenoxy) is 1. The second-order valence-corrected chi connectivity index (χ2v) is 10.7. The third-order valence-electron chi connectivity index (χ3n) is 7.86. The third-order valence-corrected chi connectivity index (χ3v) is 7.86. The summed E-state index contributed by atoms with van der Waals surface area (Å²) in [6, 6.07) is 19.6. The van der Waals surface area contributed by atoms with Crippen LogP contribution in [0.4, 0.5) is 0 Å². The fourth-order valence-corrected chi connectivity index (χ4v) is 5.82. The van der Waals surface area contributed by atoms with Crippen molar-refractivity contribution in [3.8, 4) is 5.75 Å². The molecule has 9 nitrogen and oxygen atoms in total. The highest BCUT2D eigenvalue weighted by Gasteiger charge is 2.33. The lowest BCUT2D eigenvalue weighted by molar-refractivity contribution is 0.173. The molecule has 0 spiro atoms. The van der Waals surface area contributed by atoms with Crippen LogP contribution in [0.25, 0.3) is 10.9 Å². The van der Waals surface area contributed by atoms with E-state index in [0.29, 0.717) is 24.5 Å². The summed E-state index contributed by atoms with van der Waals surface area (Å²) < 4.78 is 13.1. The van der Waals surface area contributed by atoms with Gasteiger partial charge in [-0.05, 0) is 83.6 Å². The molecular weight excluding hydrogens is 504 g/mol. The molecule has 0 unspecified atom stereocenters. The number of rotatable bonds is 9. The van der Waals surface area contributed by atoms with Crippen LogP contribution >= 0.6 is 0 Å². The summed E-state index contributed by atoms with van der Waals surface area (Å²) in [6.45, 7) is 3.06. The molecule has 1 aliphatic rings. The Morgan fingerprint density at radius 3 is 2.65 bits per heavy atom. The van der Waals surface area contributed by atoms with Crippen molar-refractivity contribution >= 4 is 10.9 Å². The maximum absolute atomic E-state index is 13.8. The van der Waals surface area contributed by atoms with E-state index in [2.05, 4.69) is 38.4 Å². The lowest BCUT2D eigenvalue weighted by atomic mass is 9.95. The second kappa shape index (κ2) is 11.5. The van der Waals surface area contributed by atoms with E-state index in [9.17, 15) is 4.79 Å². The zero-order valence-electron chi connectivity index (χ0n) is 22.9. The van der Waals surface area contributed by atoms with Crippen LogP contribution in [0.2, 0.25) is 0 Å². The number of tetrazole rings is 1. The van der Waals surface area contributed by atoms with Crippen molar-refractivity contribution in [1.82, 2.24) is 30.1 Å². The Labute approximate surface area is 232 Å². The molecule has 1 saturated carbocycles. The van der Waals surface area contributed by atoms with Crippen molar-refractivity contribution < 1.29 is 9.15 Å². The van der Waals surface area contributed by atoms with E-state index in [1.165, 1.54) is 6.42 Å². The predicted octanol–water partition coefficient (Wildman–Crippen LogP) is 5.72. The molecule has 0 saturated heterocycles. The van der Waals surface area contributed by atoms with E-state index in [4.69, 9.17) is 9.15 Å². The number of furan rings is 1. The molecule has 0 amide bonds. The lowest BCUT2D eigenvalue weighted by Crippen LogP contribution is -2.35. The molecular formula is C31H34N6O3. The number of methoxy groups -OCH3 is 1. The first-order chi connectivity index (χ1) is 19.6. The van der Waals surface area contributed by atoms with Gasteiger partial charge in [0, 0.05) is 17.6 Å². The van der Waals surface area contributed by atoms with Gasteiger partial charge in [-0.2, -0.15) is 0 Å². The Morgan fingerprint density at radius 1 is 1.07 bits per heavy atom. The maximum Gasteiger partial charge on any atom is 0.253 e. The lowest BCUT2D eigenvalue weighted by Gasteiger charge is -2.32. The molecule has 3 aromatic heterocycles. The first-order valence-corrected chi connectivity index (χ1v) is 13.9. The molecule has 1 aliphatic carbocycles. The van der Waals surface area contributed by atoms with Gasteiger partial charge in [0.1, 0.15) is 17.6 Å². The summed E-state index contributed by atoms with van der Waals surface area (Å²) in [6.07, 6.45) is 7.24. The molecule has 0 bridgehead atoms. The number of nitrogens with one attached hydrogen (secondary N) is 1. The Kier molecular flexibility index (Phi) is 7.46. The van der Waals surface area contributed by atoms with E-state index >= 15 is 0 Å². The van der Waals surface area contributed by atoms with Crippen LogP contribution in [-0.4, -0.2) is 37.2 Å². The monoisotopic (exact) mass is 538 g/mol. The molecule has 3 heterocycles. The molecule has 9 heteroatoms. The summed E-state index contributed by atoms with van der Waals surface area (Å²) in [4.78, 5) is 19.1. The SMILES string of the molecule is COc1ccc(CN(Cc2ccco2)[C@@H](c2cc3cc(C)ccc3[nH]c2=O)c2nnnn2C2CCCCC2)cc1. The van der Waals surface area contributed by atoms with Gasteiger partial charge in [0.05, 0.1) is 26.0 Å². The zero-order valence-corrected chi connectivity index (χ0v) is 22.9. The number of hydrogen-bond acceptors (Lipinski definition) is 7. The summed E-state index contributed by atoms with van der Waals surface area (Å²) in [5, 5.41) is 14.2. The molecule has 0 aliphatic heterocycles. The Balaban J connectivity index is 1.51. The minimum atomic E-state index is -0.516. The van der Waals surface area contributed by atoms with Crippen LogP contribution in [0.1, 0.15) is 72.5 Å². The fraction of sp³-hybridized carbons (Fsp3) is 0.355. The number of pyridine rings is 1. The smallest absolute Gasteiger partial charge is 0.253 e. The molecule has 0 radical (unpaired) electrons. The quantitative estimate of drug-likeness (QED) is 0.256. The summed E-state index contributed by atoms with van der Waals surface area (Å²) in [5.74, 6) is 2.26. The highest BCUT2D eigenvalue weighted by atomic mass is 16.5. The van der Waals surface area contributed by atoms with Crippen LogP contribution in [-0.2, 0) is 13.1 Å². The van der Waals surface area contributed by atoms with Gasteiger partial charge in [-0.1, -0.05) is 43.0 Å². The van der Waals surface area contributed by atoms with Gasteiger partial charge in [-0.25, -0.2) is 4.68 Å². The number of benzene rings is 2. The first kappa shape index (κ1) is 26.0. The van der Waals surface area contributed by atoms with Gasteiger partial charge in [-0.15, -0.1) is 5.10 Å². The Hall–Kier alpha value is -4.24. The highest BCUT2D eigenvalue weighted by molar-refractivity contribution is 5.79. The van der Waals surface area contributed by atoms with E-state index in [1.54, 1.807) is 13.4 Å². The molecule has 206 valence electrons. The van der Waals surface area contributed by atoms with Crippen LogP contribution in [0.3, 0.4) is 0 Å². The van der Waals surface area contributed by atoms with Gasteiger partial charge < -0.3 is 14.1 Å². The minimum Gasteiger partial charge on any atom is -0.497 e. The molecule has 1 fully saturated rings. The van der Waals surface area contributed by atoms with Crippen molar-refractivity contribution in [2.24, 2.45) is 0 Å². The molecule has 40 heavy (non-hydrogen) atoms. The number of hydrogen-bond donors (Lipinski definition) is 1. The van der Waals surface area contributed by atoms with Crippen molar-refractivity contribution in [1.29, 1.82) is 0 Å². The van der Waals surface area contributed by atoms with E-state index in [-0.39, 0.29) is 11.6 Å². The van der Waals surface area contributed by atoms with Gasteiger partial charge in [0.15, 0.2) is 5.82 Å². The minimum absolute atomic E-state index is 0.154. The summed E-state index contributed by atoms with van der Waals surface area (Å²) in [5.41, 5.74) is 3.45. The van der Waals surface area contributed by atoms with E-state index in [0.717, 1.165) is 59.2 Å². The van der Waals surface area contributed by atoms with Crippen molar-refractivity contribution in [3.63, 3.8) is 0 Å². The van der Waals surface area contributed by atoms with Crippen molar-refractivity contribution in [2.45, 2.75) is 64.2 Å². The van der Waals surface area contributed by atoms with Gasteiger partial charge in [-0.3, -0.25) is 9.69 Å². The predicted molar refractivity (Wildman–Crippen MR) is 152 cm³/mol. The van der Waals surface area contributed by atoms with Crippen molar-refractivity contribution in [3.05, 3.63) is 106 Å². The number of aromatic nitrogens is 5. The topological polar surface area (TPSA) is 102 Å². The number of H-pyrrole nitrogens is 1. The largest absolute Gasteiger partial charge is 0.497 e. The van der Waals surface area contributed by atoms with Gasteiger partial charge >= 0.3 is 0 Å². The average Bonchev–Trinajstić information content (AvgIpc) is 3.67. The van der Waals surface area contributed by atoms with Crippen LogP contribution in [0.5, 0.6) is 5.75 Å². The molecule has 6 rings (SSSR count). The zero-order chi connectivity index (χ0) is 27.5. The van der Waals surface area contributed by atoms with Crippen LogP contribution in [0, 0.1) is 6.92 Å². The first-order valence-electron chi connectivity index (χ1n) is 13.9. The Morgan fingerprint density at radius 2 is 1.90 bits per heavy atom. The van der Waals surface area contributed by atoms with Gasteiger partial charge in [0.25, 0.3) is 5.56 Å². The van der Waals surface area contributed by atoms with E-state index in [1.807, 2.05) is 59.3 Å². The van der Waals surface area contributed by atoms with Gasteiger partial charge in [0.2, 0.25) is 0 Å². The normalized spacial score (nSPS) is 15.1. The Bertz CT molecular complexity index is 1620. The molecule has 5 aromatic rings. The maximum atomic E-state index is 13.8. The summed E-state index contributed by atoms with van der Waals surface area (Å²) >= 11 is 0. The fourth-order valence-electron chi connectivity index (χ4n) is 5.82. The van der Waals surface area contributed by atoms with Crippen LogP contribution < -0.4 is 10.3 Å². The second-order valence-electron chi connectivity index (χ2n) is 10.7. The van der Waals surface area contributed by atoms with E-state index < -0.39 is 6.04 Å². The number of aromatic amines is 1.